The van der Waals surface area contributed by atoms with E-state index >= 15 is 0 Å². The predicted octanol–water partition coefficient (Wildman–Crippen LogP) is 2.32. The summed E-state index contributed by atoms with van der Waals surface area (Å²) in [7, 11) is 1.60. The van der Waals surface area contributed by atoms with Gasteiger partial charge >= 0.3 is 0 Å². The maximum Gasteiger partial charge on any atom is 0.251 e. The van der Waals surface area contributed by atoms with Crippen LogP contribution in [-0.2, 0) is 0 Å². The van der Waals surface area contributed by atoms with Gasteiger partial charge in [0.15, 0.2) is 5.96 Å². The molecule has 0 unspecified atom stereocenters. The normalized spacial score (nSPS) is 13.9. The van der Waals surface area contributed by atoms with Gasteiger partial charge in [-0.3, -0.25) is 9.79 Å². The lowest BCUT2D eigenvalue weighted by Gasteiger charge is -2.16. The van der Waals surface area contributed by atoms with E-state index in [1.54, 1.807) is 31.4 Å². The number of carbonyl (C=O) groups excluding carboxylic acids is 1. The number of guanidine groups is 1. The Bertz CT molecular complexity index is 579. The zero-order valence-electron chi connectivity index (χ0n) is 14.7. The van der Waals surface area contributed by atoms with Crippen molar-refractivity contribution in [3.8, 4) is 5.75 Å². The van der Waals surface area contributed by atoms with Crippen LogP contribution in [-0.4, -0.2) is 44.7 Å². The highest BCUT2D eigenvalue weighted by Gasteiger charge is 2.11. The summed E-state index contributed by atoms with van der Waals surface area (Å²) in [6, 6.07) is 7.45. The van der Waals surface area contributed by atoms with Gasteiger partial charge in [0.25, 0.3) is 5.91 Å². The molecule has 7 heteroatoms. The summed E-state index contributed by atoms with van der Waals surface area (Å²) in [5, 5.41) is 9.50. The van der Waals surface area contributed by atoms with Crippen molar-refractivity contribution in [3.63, 3.8) is 0 Å². The molecule has 0 saturated carbocycles. The van der Waals surface area contributed by atoms with Gasteiger partial charge in [0, 0.05) is 24.7 Å². The smallest absolute Gasteiger partial charge is 0.251 e. The number of halogens is 1. The number of methoxy groups -OCH3 is 1. The van der Waals surface area contributed by atoms with E-state index in [2.05, 4.69) is 33.1 Å². The van der Waals surface area contributed by atoms with Crippen molar-refractivity contribution in [1.29, 1.82) is 0 Å². The minimum atomic E-state index is -0.106. The Kier molecular flexibility index (Phi) is 9.98. The fourth-order valence-corrected chi connectivity index (χ4v) is 2.43. The first-order valence-electron chi connectivity index (χ1n) is 8.35. The van der Waals surface area contributed by atoms with E-state index in [4.69, 9.17) is 4.74 Å². The SMILES string of the molecule is CCNC(=NCCNC(=O)c1ccc(OC)cc1)NC1CC=CC1.I. The van der Waals surface area contributed by atoms with Crippen LogP contribution in [0, 0.1) is 0 Å². The Balaban J connectivity index is 0.00000312. The van der Waals surface area contributed by atoms with Gasteiger partial charge in [0.1, 0.15) is 5.75 Å². The largest absolute Gasteiger partial charge is 0.497 e. The molecule has 2 rings (SSSR count). The maximum atomic E-state index is 12.1. The Labute approximate surface area is 166 Å². The molecule has 1 amide bonds. The zero-order chi connectivity index (χ0) is 17.2. The Morgan fingerprint density at radius 2 is 1.88 bits per heavy atom. The third-order valence-corrected chi connectivity index (χ3v) is 3.71. The summed E-state index contributed by atoms with van der Waals surface area (Å²) in [6.07, 6.45) is 6.41. The molecule has 0 heterocycles. The Hall–Kier alpha value is -1.77. The van der Waals surface area contributed by atoms with Gasteiger partial charge in [0.2, 0.25) is 0 Å². The zero-order valence-corrected chi connectivity index (χ0v) is 17.1. The van der Waals surface area contributed by atoms with Crippen molar-refractivity contribution in [2.45, 2.75) is 25.8 Å². The quantitative estimate of drug-likeness (QED) is 0.193. The standard InChI is InChI=1S/C18H26N4O2.HI/c1-3-19-18(22-15-6-4-5-7-15)21-13-12-20-17(23)14-8-10-16(24-2)11-9-14;/h4-5,8-11,15H,3,6-7,12-13H2,1-2H3,(H,20,23)(H2,19,21,22);1H. The molecule has 1 aliphatic rings. The van der Waals surface area contributed by atoms with Crippen LogP contribution in [0.4, 0.5) is 0 Å². The number of benzene rings is 1. The fraction of sp³-hybridized carbons (Fsp3) is 0.444. The third kappa shape index (κ3) is 7.33. The van der Waals surface area contributed by atoms with E-state index < -0.39 is 0 Å². The van der Waals surface area contributed by atoms with E-state index in [0.717, 1.165) is 31.1 Å². The van der Waals surface area contributed by atoms with Crippen LogP contribution in [0.2, 0.25) is 0 Å². The van der Waals surface area contributed by atoms with Gasteiger partial charge in [-0.1, -0.05) is 12.2 Å². The number of hydrogen-bond donors (Lipinski definition) is 3. The predicted molar refractivity (Wildman–Crippen MR) is 112 cm³/mol. The summed E-state index contributed by atoms with van der Waals surface area (Å²) in [5.74, 6) is 1.43. The fourth-order valence-electron chi connectivity index (χ4n) is 2.43. The second kappa shape index (κ2) is 11.7. The Morgan fingerprint density at radius 3 is 2.48 bits per heavy atom. The number of ether oxygens (including phenoxy) is 1. The third-order valence-electron chi connectivity index (χ3n) is 3.71. The summed E-state index contributed by atoms with van der Waals surface area (Å²) < 4.78 is 5.08. The molecule has 25 heavy (non-hydrogen) atoms. The summed E-state index contributed by atoms with van der Waals surface area (Å²) in [6.45, 7) is 3.86. The number of amides is 1. The molecule has 138 valence electrons. The van der Waals surface area contributed by atoms with Crippen LogP contribution in [0.5, 0.6) is 5.75 Å². The molecule has 0 aliphatic heterocycles. The van der Waals surface area contributed by atoms with E-state index in [-0.39, 0.29) is 29.9 Å². The lowest BCUT2D eigenvalue weighted by molar-refractivity contribution is 0.0955. The molecule has 0 fully saturated rings. The Morgan fingerprint density at radius 1 is 1.20 bits per heavy atom. The van der Waals surface area contributed by atoms with Gasteiger partial charge in [-0.25, -0.2) is 0 Å². The molecule has 0 aromatic heterocycles. The minimum absolute atomic E-state index is 0. The highest BCUT2D eigenvalue weighted by Crippen LogP contribution is 2.11. The van der Waals surface area contributed by atoms with E-state index in [0.29, 0.717) is 24.7 Å². The molecule has 1 aromatic carbocycles. The minimum Gasteiger partial charge on any atom is -0.497 e. The van der Waals surface area contributed by atoms with Crippen molar-refractivity contribution in [2.24, 2.45) is 4.99 Å². The molecule has 1 aliphatic carbocycles. The molecule has 0 bridgehead atoms. The average molecular weight is 458 g/mol. The van der Waals surface area contributed by atoms with E-state index in [1.165, 1.54) is 0 Å². The molecular weight excluding hydrogens is 431 g/mol. The number of aliphatic imine (C=N–C) groups is 1. The van der Waals surface area contributed by atoms with Crippen molar-refractivity contribution in [3.05, 3.63) is 42.0 Å². The van der Waals surface area contributed by atoms with Crippen LogP contribution in [0.1, 0.15) is 30.1 Å². The van der Waals surface area contributed by atoms with Crippen LogP contribution in [0.15, 0.2) is 41.4 Å². The number of carbonyl (C=O) groups is 1. The lowest BCUT2D eigenvalue weighted by Crippen LogP contribution is -2.43. The van der Waals surface area contributed by atoms with Gasteiger partial charge in [0.05, 0.1) is 13.7 Å². The molecule has 1 aromatic rings. The second-order valence-corrected chi connectivity index (χ2v) is 5.53. The number of nitrogens with zero attached hydrogens (tertiary/aromatic N) is 1. The molecular formula is C18H27IN4O2. The lowest BCUT2D eigenvalue weighted by atomic mass is 10.2. The highest BCUT2D eigenvalue weighted by atomic mass is 127. The molecule has 0 saturated heterocycles. The van der Waals surface area contributed by atoms with Crippen molar-refractivity contribution < 1.29 is 9.53 Å². The van der Waals surface area contributed by atoms with E-state index in [1.807, 2.05) is 6.92 Å². The van der Waals surface area contributed by atoms with Crippen molar-refractivity contribution in [1.82, 2.24) is 16.0 Å². The van der Waals surface area contributed by atoms with Crippen molar-refractivity contribution in [2.75, 3.05) is 26.7 Å². The summed E-state index contributed by atoms with van der Waals surface area (Å²) in [5.41, 5.74) is 0.613. The molecule has 6 nitrogen and oxygen atoms in total. The van der Waals surface area contributed by atoms with Gasteiger partial charge < -0.3 is 20.7 Å². The van der Waals surface area contributed by atoms with E-state index in [9.17, 15) is 4.79 Å². The number of hydrogen-bond acceptors (Lipinski definition) is 3. The highest BCUT2D eigenvalue weighted by molar-refractivity contribution is 14.0. The summed E-state index contributed by atoms with van der Waals surface area (Å²) >= 11 is 0. The first-order chi connectivity index (χ1) is 11.7. The number of rotatable bonds is 7. The van der Waals surface area contributed by atoms with Gasteiger partial charge in [-0.05, 0) is 44.0 Å². The van der Waals surface area contributed by atoms with Crippen LogP contribution in [0.3, 0.4) is 0 Å². The summed E-state index contributed by atoms with van der Waals surface area (Å²) in [4.78, 5) is 16.6. The molecule has 0 spiro atoms. The topological polar surface area (TPSA) is 74.8 Å². The molecule has 0 radical (unpaired) electrons. The molecule has 3 N–H and O–H groups in total. The molecule has 0 atom stereocenters. The first kappa shape index (κ1) is 21.3. The van der Waals surface area contributed by atoms with Crippen molar-refractivity contribution >= 4 is 35.8 Å². The maximum absolute atomic E-state index is 12.1. The first-order valence-corrected chi connectivity index (χ1v) is 8.35. The van der Waals surface area contributed by atoms with Crippen LogP contribution in [0.25, 0.3) is 0 Å². The van der Waals surface area contributed by atoms with Gasteiger partial charge in [-0.15, -0.1) is 24.0 Å². The average Bonchev–Trinajstić information content (AvgIpc) is 3.11. The van der Waals surface area contributed by atoms with Crippen LogP contribution < -0.4 is 20.7 Å². The monoisotopic (exact) mass is 458 g/mol. The van der Waals surface area contributed by atoms with Gasteiger partial charge in [-0.2, -0.15) is 0 Å². The number of nitrogens with one attached hydrogen (secondary N) is 3. The second-order valence-electron chi connectivity index (χ2n) is 5.53. The van der Waals surface area contributed by atoms with Crippen LogP contribution >= 0.6 is 24.0 Å².